The fourth-order valence-corrected chi connectivity index (χ4v) is 4.23. The van der Waals surface area contributed by atoms with E-state index in [1.165, 1.54) is 0 Å². The predicted molar refractivity (Wildman–Crippen MR) is 114 cm³/mol. The van der Waals surface area contributed by atoms with Crippen LogP contribution in [0.25, 0.3) is 17.0 Å². The van der Waals surface area contributed by atoms with E-state index in [2.05, 4.69) is 5.10 Å². The Bertz CT molecular complexity index is 1250. The molecule has 2 heterocycles. The van der Waals surface area contributed by atoms with Crippen molar-refractivity contribution in [2.75, 3.05) is 11.9 Å². The van der Waals surface area contributed by atoms with Gasteiger partial charge in [-0.1, -0.05) is 48.0 Å². The average Bonchev–Trinajstić information content (AvgIpc) is 3.20. The maximum Gasteiger partial charge on any atom is 0.357 e. The van der Waals surface area contributed by atoms with Gasteiger partial charge in [-0.2, -0.15) is 5.10 Å². The molecule has 0 spiro atoms. The second-order valence-corrected chi connectivity index (χ2v) is 7.38. The first-order chi connectivity index (χ1) is 14.1. The lowest BCUT2D eigenvalue weighted by atomic mass is 9.93. The van der Waals surface area contributed by atoms with Crippen molar-refractivity contribution in [2.45, 2.75) is 12.8 Å². The van der Waals surface area contributed by atoms with Crippen LogP contribution in [-0.4, -0.2) is 16.8 Å². The Kier molecular flexibility index (Phi) is 4.25. The molecule has 0 amide bonds. The first-order valence-corrected chi connectivity index (χ1v) is 9.80. The van der Waals surface area contributed by atoms with Crippen LogP contribution in [0.1, 0.15) is 11.3 Å². The van der Waals surface area contributed by atoms with E-state index in [1.807, 2.05) is 77.3 Å². The van der Waals surface area contributed by atoms with E-state index < -0.39 is 5.63 Å². The highest BCUT2D eigenvalue weighted by Crippen LogP contribution is 2.42. The molecule has 0 radical (unpaired) electrons. The number of fused-ring (bicyclic) bond motifs is 3. The van der Waals surface area contributed by atoms with Gasteiger partial charge in [0.1, 0.15) is 10.8 Å². The maximum atomic E-state index is 12.6. The molecule has 5 rings (SSSR count). The molecule has 0 saturated carbocycles. The topological polar surface area (TPSA) is 51.3 Å². The highest BCUT2D eigenvalue weighted by atomic mass is 35.5. The van der Waals surface area contributed by atoms with Crippen molar-refractivity contribution in [1.82, 2.24) is 9.78 Å². The Morgan fingerprint density at radius 2 is 1.72 bits per heavy atom. The van der Waals surface area contributed by atoms with Gasteiger partial charge in [0.15, 0.2) is 0 Å². The number of halogens is 1. The summed E-state index contributed by atoms with van der Waals surface area (Å²) < 4.78 is 7.58. The normalized spacial score (nSPS) is 12.3. The Morgan fingerprint density at radius 3 is 2.45 bits per heavy atom. The number of nitrogens with zero attached hydrogens (tertiary/aromatic N) is 3. The average molecular weight is 404 g/mol. The van der Waals surface area contributed by atoms with Gasteiger partial charge in [0, 0.05) is 18.3 Å². The Balaban J connectivity index is 1.69. The van der Waals surface area contributed by atoms with Crippen molar-refractivity contribution in [2.24, 2.45) is 0 Å². The molecule has 1 aliphatic rings. The number of anilines is 2. The monoisotopic (exact) mass is 403 g/mol. The molecule has 144 valence electrons. The maximum absolute atomic E-state index is 12.6. The van der Waals surface area contributed by atoms with Crippen LogP contribution in [0.5, 0.6) is 0 Å². The standard InChI is InChI=1S/C23H18ClN3O2/c1-26(15-8-4-2-5-9-15)21-17-12-13-19-18(22(17)29-23(28)20(21)24)14-25-27(19)16-10-6-3-7-11-16/h2-11,14H,12-13H2,1H3. The third kappa shape index (κ3) is 2.86. The van der Waals surface area contributed by atoms with Gasteiger partial charge in [-0.15, -0.1) is 0 Å². The number of rotatable bonds is 3. The Morgan fingerprint density at radius 1 is 1.03 bits per heavy atom. The van der Waals surface area contributed by atoms with Crippen LogP contribution in [0.2, 0.25) is 5.02 Å². The lowest BCUT2D eigenvalue weighted by Crippen LogP contribution is -2.20. The van der Waals surface area contributed by atoms with E-state index in [1.54, 1.807) is 6.20 Å². The number of aromatic nitrogens is 2. The summed E-state index contributed by atoms with van der Waals surface area (Å²) in [5.41, 5.74) is 4.89. The van der Waals surface area contributed by atoms with Crippen LogP contribution in [0, 0.1) is 0 Å². The summed E-state index contributed by atoms with van der Waals surface area (Å²) in [6.07, 6.45) is 3.25. The van der Waals surface area contributed by atoms with Crippen molar-refractivity contribution in [3.8, 4) is 17.0 Å². The van der Waals surface area contributed by atoms with Gasteiger partial charge in [0.2, 0.25) is 0 Å². The fourth-order valence-electron chi connectivity index (χ4n) is 3.95. The van der Waals surface area contributed by atoms with Crippen molar-refractivity contribution in [3.05, 3.63) is 93.6 Å². The highest BCUT2D eigenvalue weighted by Gasteiger charge is 2.30. The number of hydrogen-bond acceptors (Lipinski definition) is 4. The zero-order chi connectivity index (χ0) is 20.0. The zero-order valence-corrected chi connectivity index (χ0v) is 16.6. The van der Waals surface area contributed by atoms with Gasteiger partial charge in [0.05, 0.1) is 28.8 Å². The van der Waals surface area contributed by atoms with E-state index in [9.17, 15) is 4.79 Å². The summed E-state index contributed by atoms with van der Waals surface area (Å²) in [4.78, 5) is 14.5. The second kappa shape index (κ2) is 6.94. The largest absolute Gasteiger partial charge is 0.421 e. The van der Waals surface area contributed by atoms with Crippen LogP contribution in [0.15, 0.2) is 76.1 Å². The van der Waals surface area contributed by atoms with E-state index >= 15 is 0 Å². The minimum atomic E-state index is -0.538. The summed E-state index contributed by atoms with van der Waals surface area (Å²) >= 11 is 6.43. The molecular weight excluding hydrogens is 386 g/mol. The molecule has 0 atom stereocenters. The molecule has 0 aliphatic heterocycles. The molecule has 0 N–H and O–H groups in total. The minimum Gasteiger partial charge on any atom is -0.421 e. The number of benzene rings is 2. The van der Waals surface area contributed by atoms with Crippen molar-refractivity contribution < 1.29 is 4.42 Å². The molecular formula is C23H18ClN3O2. The SMILES string of the molecule is CN(c1ccccc1)c1c2c(oc(=O)c1Cl)-c1cnn(-c3ccccc3)c1CC2. The zero-order valence-electron chi connectivity index (χ0n) is 15.8. The Labute approximate surface area is 172 Å². The van der Waals surface area contributed by atoms with Gasteiger partial charge in [-0.25, -0.2) is 9.48 Å². The van der Waals surface area contributed by atoms with Crippen LogP contribution in [0.3, 0.4) is 0 Å². The molecule has 6 heteroatoms. The Hall–Kier alpha value is -3.31. The summed E-state index contributed by atoms with van der Waals surface area (Å²) in [6.45, 7) is 0. The number of para-hydroxylation sites is 2. The minimum absolute atomic E-state index is 0.106. The van der Waals surface area contributed by atoms with Crippen molar-refractivity contribution in [3.63, 3.8) is 0 Å². The summed E-state index contributed by atoms with van der Waals surface area (Å²) in [7, 11) is 1.92. The lowest BCUT2D eigenvalue weighted by molar-refractivity contribution is 0.515. The molecule has 5 nitrogen and oxygen atoms in total. The van der Waals surface area contributed by atoms with Crippen molar-refractivity contribution in [1.29, 1.82) is 0 Å². The van der Waals surface area contributed by atoms with Crippen LogP contribution < -0.4 is 10.5 Å². The van der Waals surface area contributed by atoms with Crippen LogP contribution >= 0.6 is 11.6 Å². The molecule has 29 heavy (non-hydrogen) atoms. The molecule has 1 aliphatic carbocycles. The number of hydrogen-bond donors (Lipinski definition) is 0. The first kappa shape index (κ1) is 17.8. The van der Waals surface area contributed by atoms with Gasteiger partial charge in [0.25, 0.3) is 0 Å². The van der Waals surface area contributed by atoms with Gasteiger partial charge < -0.3 is 9.32 Å². The van der Waals surface area contributed by atoms with E-state index in [0.29, 0.717) is 17.9 Å². The predicted octanol–water partition coefficient (Wildman–Crippen LogP) is 5.01. The molecule has 2 aromatic heterocycles. The highest BCUT2D eigenvalue weighted by molar-refractivity contribution is 6.33. The summed E-state index contributed by atoms with van der Waals surface area (Å²) in [5, 5.41) is 4.67. The fraction of sp³-hybridized carbons (Fsp3) is 0.130. The molecule has 0 fully saturated rings. The van der Waals surface area contributed by atoms with E-state index in [4.69, 9.17) is 16.0 Å². The van der Waals surface area contributed by atoms with E-state index in [-0.39, 0.29) is 5.02 Å². The van der Waals surface area contributed by atoms with Gasteiger partial charge >= 0.3 is 5.63 Å². The summed E-state index contributed by atoms with van der Waals surface area (Å²) in [6, 6.07) is 19.8. The third-order valence-electron chi connectivity index (χ3n) is 5.35. The molecule has 0 saturated heterocycles. The molecule has 0 unspecified atom stereocenters. The molecule has 4 aromatic rings. The van der Waals surface area contributed by atoms with Crippen LogP contribution in [0.4, 0.5) is 11.4 Å². The smallest absolute Gasteiger partial charge is 0.357 e. The molecule has 0 bridgehead atoms. The third-order valence-corrected chi connectivity index (χ3v) is 5.68. The lowest BCUT2D eigenvalue weighted by Gasteiger charge is -2.26. The van der Waals surface area contributed by atoms with Gasteiger partial charge in [-0.3, -0.25) is 0 Å². The summed E-state index contributed by atoms with van der Waals surface area (Å²) in [5.74, 6) is 0.556. The quantitative estimate of drug-likeness (QED) is 0.482. The van der Waals surface area contributed by atoms with E-state index in [0.717, 1.165) is 34.6 Å². The van der Waals surface area contributed by atoms with Crippen LogP contribution in [-0.2, 0) is 12.8 Å². The van der Waals surface area contributed by atoms with Crippen molar-refractivity contribution >= 4 is 23.0 Å². The van der Waals surface area contributed by atoms with Gasteiger partial charge in [-0.05, 0) is 37.1 Å². The first-order valence-electron chi connectivity index (χ1n) is 9.42. The molecule has 2 aromatic carbocycles. The second-order valence-electron chi connectivity index (χ2n) is 7.01.